The number of aromatic hydroxyl groups is 1. The van der Waals surface area contributed by atoms with Gasteiger partial charge >= 0.3 is 0 Å². The molecule has 1 aliphatic rings. The van der Waals surface area contributed by atoms with Gasteiger partial charge in [-0.2, -0.15) is 0 Å². The van der Waals surface area contributed by atoms with E-state index in [1.165, 1.54) is 6.42 Å². The SMILES string of the molecule is Cc1cc(C)c(-c2ccc(N[C@H]3CCCNC3)nn2)c(O)c1. The summed E-state index contributed by atoms with van der Waals surface area (Å²) in [7, 11) is 0. The Morgan fingerprint density at radius 3 is 2.73 bits per heavy atom. The highest BCUT2D eigenvalue weighted by atomic mass is 16.3. The average molecular weight is 298 g/mol. The van der Waals surface area contributed by atoms with E-state index in [0.717, 1.165) is 42.0 Å². The van der Waals surface area contributed by atoms with Crippen molar-refractivity contribution in [3.8, 4) is 17.0 Å². The first-order valence-electron chi connectivity index (χ1n) is 7.75. The Bertz CT molecular complexity index is 625. The van der Waals surface area contributed by atoms with Crippen molar-refractivity contribution in [3.63, 3.8) is 0 Å². The fraction of sp³-hybridized carbons (Fsp3) is 0.412. The molecule has 0 spiro atoms. The second-order valence-electron chi connectivity index (χ2n) is 5.97. The van der Waals surface area contributed by atoms with E-state index in [2.05, 4.69) is 20.8 Å². The summed E-state index contributed by atoms with van der Waals surface area (Å²) in [6.45, 7) is 5.99. The molecule has 1 aromatic heterocycles. The normalized spacial score (nSPS) is 18.2. The molecule has 5 heteroatoms. The van der Waals surface area contributed by atoms with Crippen molar-refractivity contribution in [2.24, 2.45) is 0 Å². The molecule has 1 fully saturated rings. The minimum absolute atomic E-state index is 0.254. The molecule has 2 aromatic rings. The number of benzene rings is 1. The molecule has 1 atom stereocenters. The molecule has 5 nitrogen and oxygen atoms in total. The molecule has 0 radical (unpaired) electrons. The highest BCUT2D eigenvalue weighted by Gasteiger charge is 2.14. The molecule has 0 amide bonds. The Morgan fingerprint density at radius 2 is 2.09 bits per heavy atom. The van der Waals surface area contributed by atoms with Gasteiger partial charge < -0.3 is 15.7 Å². The van der Waals surface area contributed by atoms with Gasteiger partial charge in [0.25, 0.3) is 0 Å². The van der Waals surface area contributed by atoms with Gasteiger partial charge in [-0.05, 0) is 62.6 Å². The topological polar surface area (TPSA) is 70.1 Å². The summed E-state index contributed by atoms with van der Waals surface area (Å²) < 4.78 is 0. The number of rotatable bonds is 3. The Morgan fingerprint density at radius 1 is 1.23 bits per heavy atom. The van der Waals surface area contributed by atoms with Crippen molar-refractivity contribution in [3.05, 3.63) is 35.4 Å². The maximum Gasteiger partial charge on any atom is 0.148 e. The second-order valence-corrected chi connectivity index (χ2v) is 5.97. The van der Waals surface area contributed by atoms with Gasteiger partial charge in [0.1, 0.15) is 11.6 Å². The predicted molar refractivity (Wildman–Crippen MR) is 88.1 cm³/mol. The van der Waals surface area contributed by atoms with E-state index in [0.29, 0.717) is 11.7 Å². The minimum atomic E-state index is 0.254. The second kappa shape index (κ2) is 6.32. The molecule has 2 heterocycles. The van der Waals surface area contributed by atoms with Crippen LogP contribution in [0.5, 0.6) is 5.75 Å². The van der Waals surface area contributed by atoms with Gasteiger partial charge in [-0.25, -0.2) is 0 Å². The summed E-state index contributed by atoms with van der Waals surface area (Å²) in [6, 6.07) is 8.03. The van der Waals surface area contributed by atoms with Gasteiger partial charge in [0.2, 0.25) is 0 Å². The van der Waals surface area contributed by atoms with Crippen molar-refractivity contribution < 1.29 is 5.11 Å². The van der Waals surface area contributed by atoms with Crippen LogP contribution in [0.3, 0.4) is 0 Å². The van der Waals surface area contributed by atoms with E-state index in [-0.39, 0.29) is 5.75 Å². The van der Waals surface area contributed by atoms with Crippen LogP contribution in [0.2, 0.25) is 0 Å². The van der Waals surface area contributed by atoms with Crippen molar-refractivity contribution >= 4 is 5.82 Å². The number of phenols is 1. The van der Waals surface area contributed by atoms with E-state index in [4.69, 9.17) is 0 Å². The van der Waals surface area contributed by atoms with E-state index in [9.17, 15) is 5.11 Å². The van der Waals surface area contributed by atoms with Crippen molar-refractivity contribution in [2.45, 2.75) is 32.7 Å². The third-order valence-corrected chi connectivity index (χ3v) is 4.03. The van der Waals surface area contributed by atoms with E-state index < -0.39 is 0 Å². The van der Waals surface area contributed by atoms with Crippen LogP contribution in [0.4, 0.5) is 5.82 Å². The summed E-state index contributed by atoms with van der Waals surface area (Å²) >= 11 is 0. The molecule has 1 saturated heterocycles. The lowest BCUT2D eigenvalue weighted by atomic mass is 10.0. The molecule has 0 saturated carbocycles. The van der Waals surface area contributed by atoms with Gasteiger partial charge in [-0.1, -0.05) is 6.07 Å². The lowest BCUT2D eigenvalue weighted by Gasteiger charge is -2.24. The fourth-order valence-corrected chi connectivity index (χ4v) is 3.01. The van der Waals surface area contributed by atoms with Crippen LogP contribution >= 0.6 is 0 Å². The van der Waals surface area contributed by atoms with Gasteiger partial charge in [-0.3, -0.25) is 0 Å². The number of hydrogen-bond acceptors (Lipinski definition) is 5. The molecule has 0 aliphatic carbocycles. The van der Waals surface area contributed by atoms with Crippen molar-refractivity contribution in [1.82, 2.24) is 15.5 Å². The van der Waals surface area contributed by atoms with Gasteiger partial charge in [0, 0.05) is 18.2 Å². The van der Waals surface area contributed by atoms with E-state index >= 15 is 0 Å². The maximum atomic E-state index is 10.2. The molecule has 3 rings (SSSR count). The third-order valence-electron chi connectivity index (χ3n) is 4.03. The molecule has 0 bridgehead atoms. The van der Waals surface area contributed by atoms with Crippen LogP contribution < -0.4 is 10.6 Å². The quantitative estimate of drug-likeness (QED) is 0.812. The smallest absolute Gasteiger partial charge is 0.148 e. The van der Waals surface area contributed by atoms with Gasteiger partial charge in [0.05, 0.1) is 5.69 Å². The Labute approximate surface area is 130 Å². The maximum absolute atomic E-state index is 10.2. The molecule has 116 valence electrons. The first-order chi connectivity index (χ1) is 10.6. The van der Waals surface area contributed by atoms with Crippen LogP contribution in [0, 0.1) is 13.8 Å². The molecule has 1 aliphatic heterocycles. The van der Waals surface area contributed by atoms with Crippen LogP contribution in [-0.4, -0.2) is 34.4 Å². The lowest BCUT2D eigenvalue weighted by molar-refractivity contribution is 0.476. The zero-order valence-corrected chi connectivity index (χ0v) is 13.1. The highest BCUT2D eigenvalue weighted by molar-refractivity contribution is 5.71. The van der Waals surface area contributed by atoms with Gasteiger partial charge in [-0.15, -0.1) is 10.2 Å². The largest absolute Gasteiger partial charge is 0.507 e. The molecular weight excluding hydrogens is 276 g/mol. The van der Waals surface area contributed by atoms with E-state index in [1.807, 2.05) is 32.0 Å². The Balaban J connectivity index is 1.79. The summed E-state index contributed by atoms with van der Waals surface area (Å²) in [5.74, 6) is 1.03. The summed E-state index contributed by atoms with van der Waals surface area (Å²) in [5, 5.41) is 25.5. The number of phenolic OH excluding ortho intramolecular Hbond substituents is 1. The number of aromatic nitrogens is 2. The number of nitrogens with zero attached hydrogens (tertiary/aromatic N) is 2. The molecule has 1 aromatic carbocycles. The standard InChI is InChI=1S/C17H22N4O/c1-11-8-12(2)17(15(22)9-11)14-5-6-16(21-20-14)19-13-4-3-7-18-10-13/h5-6,8-9,13,18,22H,3-4,7,10H2,1-2H3,(H,19,21)/t13-/m0/s1. The molecular formula is C17H22N4O. The molecule has 0 unspecified atom stereocenters. The summed E-state index contributed by atoms with van der Waals surface area (Å²) in [4.78, 5) is 0. The average Bonchev–Trinajstić information content (AvgIpc) is 2.49. The fourth-order valence-electron chi connectivity index (χ4n) is 3.01. The Kier molecular flexibility index (Phi) is 4.24. The van der Waals surface area contributed by atoms with Gasteiger partial charge in [0.15, 0.2) is 0 Å². The number of anilines is 1. The van der Waals surface area contributed by atoms with Crippen LogP contribution in [0.15, 0.2) is 24.3 Å². The van der Waals surface area contributed by atoms with E-state index in [1.54, 1.807) is 6.07 Å². The first kappa shape index (κ1) is 14.8. The zero-order valence-electron chi connectivity index (χ0n) is 13.1. The first-order valence-corrected chi connectivity index (χ1v) is 7.75. The van der Waals surface area contributed by atoms with Crippen LogP contribution in [0.1, 0.15) is 24.0 Å². The predicted octanol–water partition coefficient (Wildman–Crippen LogP) is 2.63. The number of aryl methyl sites for hydroxylation is 2. The molecule has 22 heavy (non-hydrogen) atoms. The number of piperidine rings is 1. The molecule has 3 N–H and O–H groups in total. The van der Waals surface area contributed by atoms with Crippen LogP contribution in [-0.2, 0) is 0 Å². The highest BCUT2D eigenvalue weighted by Crippen LogP contribution is 2.32. The lowest BCUT2D eigenvalue weighted by Crippen LogP contribution is -2.38. The van der Waals surface area contributed by atoms with Crippen molar-refractivity contribution in [2.75, 3.05) is 18.4 Å². The van der Waals surface area contributed by atoms with Crippen molar-refractivity contribution in [1.29, 1.82) is 0 Å². The third kappa shape index (κ3) is 3.20. The monoisotopic (exact) mass is 298 g/mol. The summed E-state index contributed by atoms with van der Waals surface area (Å²) in [5.41, 5.74) is 3.49. The number of hydrogen-bond donors (Lipinski definition) is 3. The minimum Gasteiger partial charge on any atom is -0.507 e. The summed E-state index contributed by atoms with van der Waals surface area (Å²) in [6.07, 6.45) is 2.33. The number of nitrogens with one attached hydrogen (secondary N) is 2. The van der Waals surface area contributed by atoms with Crippen LogP contribution in [0.25, 0.3) is 11.3 Å². The Hall–Kier alpha value is -2.14. The zero-order chi connectivity index (χ0) is 15.5.